The lowest BCUT2D eigenvalue weighted by Crippen LogP contribution is -2.47. The highest BCUT2D eigenvalue weighted by atomic mass is 19.1. The smallest absolute Gasteiger partial charge is 0.251 e. The minimum absolute atomic E-state index is 0.0180. The summed E-state index contributed by atoms with van der Waals surface area (Å²) in [5.74, 6) is 0.604. The first-order valence-corrected chi connectivity index (χ1v) is 9.72. The Labute approximate surface area is 159 Å². The van der Waals surface area contributed by atoms with E-state index in [4.69, 9.17) is 0 Å². The van der Waals surface area contributed by atoms with Crippen molar-refractivity contribution in [2.45, 2.75) is 31.7 Å². The average molecular weight is 368 g/mol. The van der Waals surface area contributed by atoms with Crippen molar-refractivity contribution in [3.05, 3.63) is 54.0 Å². The van der Waals surface area contributed by atoms with Crippen LogP contribution in [0.3, 0.4) is 0 Å². The number of benzene rings is 1. The second-order valence-corrected chi connectivity index (χ2v) is 7.28. The number of amides is 1. The van der Waals surface area contributed by atoms with Crippen LogP contribution in [0, 0.1) is 5.82 Å². The molecule has 4 rings (SSSR count). The molecule has 5 nitrogen and oxygen atoms in total. The van der Waals surface area contributed by atoms with Gasteiger partial charge in [0.2, 0.25) is 0 Å². The van der Waals surface area contributed by atoms with E-state index in [1.54, 1.807) is 18.3 Å². The van der Waals surface area contributed by atoms with Gasteiger partial charge in [0.1, 0.15) is 11.6 Å². The van der Waals surface area contributed by atoms with Crippen LogP contribution in [0.1, 0.15) is 36.0 Å². The van der Waals surface area contributed by atoms with Crippen LogP contribution >= 0.6 is 0 Å². The van der Waals surface area contributed by atoms with Gasteiger partial charge in [-0.1, -0.05) is 25.0 Å². The summed E-state index contributed by atoms with van der Waals surface area (Å²) in [6, 6.07) is 10.8. The number of nitrogens with one attached hydrogen (secondary N) is 1. The second-order valence-electron chi connectivity index (χ2n) is 7.28. The lowest BCUT2D eigenvalue weighted by atomic mass is 10.2. The monoisotopic (exact) mass is 368 g/mol. The van der Waals surface area contributed by atoms with Crippen LogP contribution in [-0.2, 0) is 0 Å². The normalized spacial score (nSPS) is 18.0. The first kappa shape index (κ1) is 17.8. The predicted octanol–water partition coefficient (Wildman–Crippen LogP) is 3.22. The zero-order chi connectivity index (χ0) is 18.6. The van der Waals surface area contributed by atoms with Gasteiger partial charge in [-0.2, -0.15) is 0 Å². The van der Waals surface area contributed by atoms with E-state index in [0.717, 1.165) is 44.8 Å². The van der Waals surface area contributed by atoms with Crippen molar-refractivity contribution < 1.29 is 9.18 Å². The fourth-order valence-corrected chi connectivity index (χ4v) is 3.96. The molecule has 1 amide bonds. The van der Waals surface area contributed by atoms with Crippen molar-refractivity contribution in [2.24, 2.45) is 0 Å². The maximum Gasteiger partial charge on any atom is 0.251 e. The number of piperazine rings is 1. The van der Waals surface area contributed by atoms with Gasteiger partial charge in [0.05, 0.1) is 5.69 Å². The van der Waals surface area contributed by atoms with Crippen LogP contribution in [-0.4, -0.2) is 43.1 Å². The van der Waals surface area contributed by atoms with Crippen molar-refractivity contribution in [3.63, 3.8) is 0 Å². The molecule has 1 aromatic heterocycles. The molecule has 1 saturated heterocycles. The van der Waals surface area contributed by atoms with Gasteiger partial charge in [0.25, 0.3) is 5.91 Å². The van der Waals surface area contributed by atoms with Gasteiger partial charge in [-0.15, -0.1) is 0 Å². The van der Waals surface area contributed by atoms with E-state index in [9.17, 15) is 9.18 Å². The fourth-order valence-electron chi connectivity index (χ4n) is 3.96. The molecule has 0 spiro atoms. The Morgan fingerprint density at radius 1 is 1.04 bits per heavy atom. The highest BCUT2D eigenvalue weighted by Crippen LogP contribution is 2.23. The van der Waals surface area contributed by atoms with Crippen LogP contribution in [0.25, 0.3) is 0 Å². The molecule has 1 N–H and O–H groups in total. The molecular weight excluding hydrogens is 343 g/mol. The van der Waals surface area contributed by atoms with E-state index in [1.807, 2.05) is 18.2 Å². The predicted molar refractivity (Wildman–Crippen MR) is 105 cm³/mol. The Morgan fingerprint density at radius 3 is 2.48 bits per heavy atom. The molecule has 0 atom stereocenters. The Kier molecular flexibility index (Phi) is 5.23. The number of aromatic nitrogens is 1. The zero-order valence-corrected chi connectivity index (χ0v) is 15.4. The van der Waals surface area contributed by atoms with E-state index in [2.05, 4.69) is 20.1 Å². The van der Waals surface area contributed by atoms with Crippen LogP contribution in [0.15, 0.2) is 42.6 Å². The van der Waals surface area contributed by atoms with Crippen molar-refractivity contribution >= 4 is 17.4 Å². The quantitative estimate of drug-likeness (QED) is 0.900. The maximum atomic E-state index is 14.0. The molecule has 0 unspecified atom stereocenters. The molecule has 1 aliphatic carbocycles. The first-order chi connectivity index (χ1) is 13.2. The number of halogens is 1. The number of carbonyl (C=O) groups is 1. The van der Waals surface area contributed by atoms with Crippen LogP contribution < -0.4 is 15.1 Å². The van der Waals surface area contributed by atoms with Gasteiger partial charge >= 0.3 is 0 Å². The zero-order valence-electron chi connectivity index (χ0n) is 15.4. The molecule has 2 fully saturated rings. The number of hydrogen-bond donors (Lipinski definition) is 1. The van der Waals surface area contributed by atoms with Gasteiger partial charge in [-0.3, -0.25) is 4.79 Å². The summed E-state index contributed by atoms with van der Waals surface area (Å²) < 4.78 is 14.0. The summed E-state index contributed by atoms with van der Waals surface area (Å²) >= 11 is 0. The molecule has 6 heteroatoms. The highest BCUT2D eigenvalue weighted by Gasteiger charge is 2.22. The number of para-hydroxylation sites is 1. The van der Waals surface area contributed by atoms with Gasteiger partial charge in [-0.25, -0.2) is 9.37 Å². The van der Waals surface area contributed by atoms with Crippen molar-refractivity contribution in [2.75, 3.05) is 36.0 Å². The van der Waals surface area contributed by atoms with E-state index < -0.39 is 0 Å². The maximum absolute atomic E-state index is 14.0. The molecule has 142 valence electrons. The molecule has 27 heavy (non-hydrogen) atoms. The molecule has 0 bridgehead atoms. The van der Waals surface area contributed by atoms with E-state index >= 15 is 0 Å². The lowest BCUT2D eigenvalue weighted by Gasteiger charge is -2.36. The number of carbonyl (C=O) groups excluding carboxylic acids is 1. The third-order valence-corrected chi connectivity index (χ3v) is 5.49. The van der Waals surface area contributed by atoms with Crippen molar-refractivity contribution in [1.29, 1.82) is 0 Å². The van der Waals surface area contributed by atoms with Gasteiger partial charge in [-0.05, 0) is 37.1 Å². The minimum Gasteiger partial charge on any atom is -0.366 e. The minimum atomic E-state index is -0.186. The Morgan fingerprint density at radius 2 is 1.74 bits per heavy atom. The topological polar surface area (TPSA) is 48.5 Å². The molecule has 1 saturated carbocycles. The standard InChI is InChI=1S/C21H25FN4O/c22-18-7-3-4-8-19(18)25-11-13-26(14-12-25)20-15-16(9-10-23-20)21(27)24-17-5-1-2-6-17/h3-4,7-10,15,17H,1-2,5-6,11-14H2,(H,24,27). The summed E-state index contributed by atoms with van der Waals surface area (Å²) in [4.78, 5) is 21.2. The Hall–Kier alpha value is -2.63. The summed E-state index contributed by atoms with van der Waals surface area (Å²) in [5.41, 5.74) is 1.30. The van der Waals surface area contributed by atoms with Gasteiger partial charge in [0.15, 0.2) is 0 Å². The second kappa shape index (κ2) is 7.94. The summed E-state index contributed by atoms with van der Waals surface area (Å²) in [6.07, 6.45) is 6.23. The molecule has 1 aromatic carbocycles. The van der Waals surface area contributed by atoms with Crippen molar-refractivity contribution in [3.8, 4) is 0 Å². The van der Waals surface area contributed by atoms with Crippen molar-refractivity contribution in [1.82, 2.24) is 10.3 Å². The van der Waals surface area contributed by atoms with Gasteiger partial charge in [0, 0.05) is 44.0 Å². The largest absolute Gasteiger partial charge is 0.366 e. The summed E-state index contributed by atoms with van der Waals surface area (Å²) in [5, 5.41) is 3.12. The average Bonchev–Trinajstić information content (AvgIpc) is 3.22. The number of nitrogens with zero attached hydrogens (tertiary/aromatic N) is 3. The number of anilines is 2. The third kappa shape index (κ3) is 4.04. The fraction of sp³-hybridized carbons (Fsp3) is 0.429. The molecule has 2 heterocycles. The molecule has 0 radical (unpaired) electrons. The number of hydrogen-bond acceptors (Lipinski definition) is 4. The first-order valence-electron chi connectivity index (χ1n) is 9.72. The Balaban J connectivity index is 1.39. The lowest BCUT2D eigenvalue weighted by molar-refractivity contribution is 0.0938. The molecule has 2 aliphatic rings. The van der Waals surface area contributed by atoms with Crippen LogP contribution in [0.4, 0.5) is 15.9 Å². The van der Waals surface area contributed by atoms with Crippen LogP contribution in [0.2, 0.25) is 0 Å². The third-order valence-electron chi connectivity index (χ3n) is 5.49. The highest BCUT2D eigenvalue weighted by molar-refractivity contribution is 5.95. The van der Waals surface area contributed by atoms with E-state index in [0.29, 0.717) is 17.3 Å². The molecule has 1 aliphatic heterocycles. The summed E-state index contributed by atoms with van der Waals surface area (Å²) in [7, 11) is 0. The van der Waals surface area contributed by atoms with Crippen LogP contribution in [0.5, 0.6) is 0 Å². The van der Waals surface area contributed by atoms with E-state index in [1.165, 1.54) is 18.9 Å². The van der Waals surface area contributed by atoms with Gasteiger partial charge < -0.3 is 15.1 Å². The summed E-state index contributed by atoms with van der Waals surface area (Å²) in [6.45, 7) is 2.94. The molecule has 2 aromatic rings. The molecular formula is C21H25FN4O. The van der Waals surface area contributed by atoms with E-state index in [-0.39, 0.29) is 11.7 Å². The SMILES string of the molecule is O=C(NC1CCCC1)c1ccnc(N2CCN(c3ccccc3F)CC2)c1. The number of pyridine rings is 1. The Bertz CT molecular complexity index is 798. The number of rotatable bonds is 4.